The summed E-state index contributed by atoms with van der Waals surface area (Å²) < 4.78 is 8.21. The van der Waals surface area contributed by atoms with Crippen LogP contribution in [0.2, 0.25) is 0 Å². The number of hydrazine groups is 2. The highest BCUT2D eigenvalue weighted by molar-refractivity contribution is 9.10. The van der Waals surface area contributed by atoms with Gasteiger partial charge in [-0.3, -0.25) is 20.4 Å². The van der Waals surface area contributed by atoms with E-state index in [1.165, 1.54) is 0 Å². The molecule has 0 aliphatic heterocycles. The van der Waals surface area contributed by atoms with Crippen molar-refractivity contribution in [3.05, 3.63) is 63.8 Å². The predicted octanol–water partition coefficient (Wildman–Crippen LogP) is 1.73. The Bertz CT molecular complexity index is 1030. The highest BCUT2D eigenvalue weighted by atomic mass is 79.9. The first-order chi connectivity index (χ1) is 13.5. The second kappa shape index (κ2) is 8.42. The quantitative estimate of drug-likeness (QED) is 0.261. The number of fused-ring (bicyclic) bond motifs is 1. The zero-order chi connectivity index (χ0) is 20.3. The summed E-state index contributed by atoms with van der Waals surface area (Å²) in [6, 6.07) is 13.5. The van der Waals surface area contributed by atoms with Gasteiger partial charge in [0.2, 0.25) is 0 Å². The van der Waals surface area contributed by atoms with Gasteiger partial charge in [0, 0.05) is 17.6 Å². The minimum absolute atomic E-state index is 0.247. The molecule has 0 bridgehead atoms. The van der Waals surface area contributed by atoms with Gasteiger partial charge in [-0.05, 0) is 40.5 Å². The van der Waals surface area contributed by atoms with Crippen molar-refractivity contribution in [3.63, 3.8) is 0 Å². The molecule has 0 spiro atoms. The smallest absolute Gasteiger partial charge is 0.271 e. The molecule has 0 aliphatic carbocycles. The number of amides is 2. The fraction of sp³-hybridized carbons (Fsp3) is 0.158. The summed E-state index contributed by atoms with van der Waals surface area (Å²) in [6.45, 7) is 2.20. The van der Waals surface area contributed by atoms with Gasteiger partial charge in [-0.1, -0.05) is 30.3 Å². The summed E-state index contributed by atoms with van der Waals surface area (Å²) in [6.07, 6.45) is 0. The minimum Gasteiger partial charge on any atom is -0.483 e. The SMILES string of the molecule is Cc1c(C(=O)NN)c2cc(OCC(=O)NN)c(Br)cc2n1Cc1ccccc1. The third kappa shape index (κ3) is 3.86. The molecule has 0 atom stereocenters. The van der Waals surface area contributed by atoms with Gasteiger partial charge in [0.1, 0.15) is 5.75 Å². The van der Waals surface area contributed by atoms with Gasteiger partial charge in [0.15, 0.2) is 6.61 Å². The fourth-order valence-corrected chi connectivity index (χ4v) is 3.55. The van der Waals surface area contributed by atoms with Crippen molar-refractivity contribution < 1.29 is 14.3 Å². The van der Waals surface area contributed by atoms with Crippen molar-refractivity contribution in [1.82, 2.24) is 15.4 Å². The summed E-state index contributed by atoms with van der Waals surface area (Å²) in [5.74, 6) is 10.0. The lowest BCUT2D eigenvalue weighted by Gasteiger charge is -2.11. The zero-order valence-corrected chi connectivity index (χ0v) is 16.7. The molecule has 2 aromatic carbocycles. The number of nitrogens with zero attached hydrogens (tertiary/aromatic N) is 1. The van der Waals surface area contributed by atoms with E-state index in [0.717, 1.165) is 16.8 Å². The van der Waals surface area contributed by atoms with Crippen LogP contribution in [0.3, 0.4) is 0 Å². The Balaban J connectivity index is 2.13. The summed E-state index contributed by atoms with van der Waals surface area (Å²) in [5.41, 5.74) is 7.36. The number of halogens is 1. The summed E-state index contributed by atoms with van der Waals surface area (Å²) >= 11 is 3.47. The molecule has 0 saturated heterocycles. The number of rotatable bonds is 6. The van der Waals surface area contributed by atoms with E-state index in [9.17, 15) is 9.59 Å². The largest absolute Gasteiger partial charge is 0.483 e. The van der Waals surface area contributed by atoms with E-state index in [2.05, 4.69) is 21.4 Å². The molecule has 0 radical (unpaired) electrons. The number of nitrogens with two attached hydrogens (primary N) is 2. The predicted molar refractivity (Wildman–Crippen MR) is 109 cm³/mol. The van der Waals surface area contributed by atoms with Gasteiger partial charge in [-0.15, -0.1) is 0 Å². The van der Waals surface area contributed by atoms with Crippen LogP contribution >= 0.6 is 15.9 Å². The van der Waals surface area contributed by atoms with Crippen LogP contribution in [0.4, 0.5) is 0 Å². The molecule has 9 heteroatoms. The van der Waals surface area contributed by atoms with Crippen molar-refractivity contribution in [2.45, 2.75) is 13.5 Å². The maximum Gasteiger partial charge on any atom is 0.271 e. The van der Waals surface area contributed by atoms with Gasteiger partial charge in [0.25, 0.3) is 11.8 Å². The molecule has 146 valence electrons. The first kappa shape index (κ1) is 19.9. The number of hydrogen-bond acceptors (Lipinski definition) is 5. The zero-order valence-electron chi connectivity index (χ0n) is 15.2. The van der Waals surface area contributed by atoms with E-state index in [1.807, 2.05) is 53.3 Å². The third-order valence-corrected chi connectivity index (χ3v) is 5.06. The number of nitrogen functional groups attached to an aromatic ring is 1. The second-order valence-corrected chi connectivity index (χ2v) is 7.02. The number of benzene rings is 2. The molecule has 3 aromatic rings. The number of carbonyl (C=O) groups is 2. The van der Waals surface area contributed by atoms with Gasteiger partial charge >= 0.3 is 0 Å². The highest BCUT2D eigenvalue weighted by Gasteiger charge is 2.21. The monoisotopic (exact) mass is 445 g/mol. The van der Waals surface area contributed by atoms with E-state index in [-0.39, 0.29) is 6.61 Å². The standard InChI is InChI=1S/C19H20BrN5O3/c1-11-18(19(27)24-22)13-7-16(28-10-17(26)23-21)14(20)8-15(13)25(11)9-12-5-3-2-4-6-12/h2-8H,9-10,21-22H2,1H3,(H,23,26)(H,24,27). The number of hydrogen-bond donors (Lipinski definition) is 4. The Kier molecular flexibility index (Phi) is 5.98. The molecule has 0 aliphatic rings. The molecule has 0 unspecified atom stereocenters. The van der Waals surface area contributed by atoms with Gasteiger partial charge in [-0.2, -0.15) is 0 Å². The van der Waals surface area contributed by atoms with Crippen LogP contribution in [0.25, 0.3) is 10.9 Å². The molecule has 2 amide bonds. The molecular formula is C19H20BrN5O3. The molecule has 0 saturated carbocycles. The van der Waals surface area contributed by atoms with E-state index in [1.54, 1.807) is 6.07 Å². The lowest BCUT2D eigenvalue weighted by Crippen LogP contribution is -2.34. The lowest BCUT2D eigenvalue weighted by molar-refractivity contribution is -0.123. The van der Waals surface area contributed by atoms with Crippen LogP contribution in [0.1, 0.15) is 21.6 Å². The maximum atomic E-state index is 12.4. The van der Waals surface area contributed by atoms with Crippen LogP contribution in [0, 0.1) is 6.92 Å². The first-order valence-corrected chi connectivity index (χ1v) is 9.25. The number of carbonyl (C=O) groups excluding carboxylic acids is 2. The van der Waals surface area contributed by atoms with Crippen LogP contribution < -0.4 is 27.3 Å². The Hall–Kier alpha value is -2.88. The average molecular weight is 446 g/mol. The van der Waals surface area contributed by atoms with Crippen molar-refractivity contribution in [2.75, 3.05) is 6.61 Å². The third-order valence-electron chi connectivity index (χ3n) is 4.44. The van der Waals surface area contributed by atoms with Crippen molar-refractivity contribution in [2.24, 2.45) is 11.7 Å². The first-order valence-electron chi connectivity index (χ1n) is 8.45. The second-order valence-electron chi connectivity index (χ2n) is 6.16. The van der Waals surface area contributed by atoms with E-state index in [0.29, 0.717) is 27.7 Å². The van der Waals surface area contributed by atoms with E-state index in [4.69, 9.17) is 16.4 Å². The number of ether oxygens (including phenoxy) is 1. The number of aromatic nitrogens is 1. The van der Waals surface area contributed by atoms with E-state index >= 15 is 0 Å². The van der Waals surface area contributed by atoms with Crippen molar-refractivity contribution in [3.8, 4) is 5.75 Å². The normalized spacial score (nSPS) is 10.7. The molecule has 8 nitrogen and oxygen atoms in total. The minimum atomic E-state index is -0.468. The van der Waals surface area contributed by atoms with E-state index < -0.39 is 11.8 Å². The molecule has 6 N–H and O–H groups in total. The summed E-state index contributed by atoms with van der Waals surface area (Å²) in [7, 11) is 0. The molecule has 0 fully saturated rings. The van der Waals surface area contributed by atoms with Gasteiger partial charge in [-0.25, -0.2) is 11.7 Å². The van der Waals surface area contributed by atoms with Gasteiger partial charge < -0.3 is 9.30 Å². The maximum absolute atomic E-state index is 12.4. The molecule has 3 rings (SSSR count). The van der Waals surface area contributed by atoms with Gasteiger partial charge in [0.05, 0.1) is 15.6 Å². The Labute approximate surface area is 169 Å². The van der Waals surface area contributed by atoms with Crippen LogP contribution in [0.5, 0.6) is 5.75 Å². The molecular weight excluding hydrogens is 426 g/mol. The molecule has 1 aromatic heterocycles. The highest BCUT2D eigenvalue weighted by Crippen LogP contribution is 2.35. The van der Waals surface area contributed by atoms with Crippen LogP contribution in [-0.4, -0.2) is 23.0 Å². The summed E-state index contributed by atoms with van der Waals surface area (Å²) in [4.78, 5) is 23.8. The summed E-state index contributed by atoms with van der Waals surface area (Å²) in [5, 5.41) is 0.669. The van der Waals surface area contributed by atoms with Crippen LogP contribution in [-0.2, 0) is 11.3 Å². The fourth-order valence-electron chi connectivity index (χ4n) is 3.10. The molecule has 1 heterocycles. The topological polar surface area (TPSA) is 124 Å². The van der Waals surface area contributed by atoms with Crippen molar-refractivity contribution >= 4 is 38.6 Å². The lowest BCUT2D eigenvalue weighted by atomic mass is 10.1. The van der Waals surface area contributed by atoms with Crippen molar-refractivity contribution in [1.29, 1.82) is 0 Å². The Morgan fingerprint density at radius 1 is 1.14 bits per heavy atom. The molecule has 28 heavy (non-hydrogen) atoms. The Morgan fingerprint density at radius 3 is 2.50 bits per heavy atom. The van der Waals surface area contributed by atoms with Crippen LogP contribution in [0.15, 0.2) is 46.9 Å². The Morgan fingerprint density at radius 2 is 1.86 bits per heavy atom. The average Bonchev–Trinajstić information content (AvgIpc) is 2.97. The number of nitrogens with one attached hydrogen (secondary N) is 2.